The molecule has 2 heterocycles. The fourth-order valence-corrected chi connectivity index (χ4v) is 3.77. The molecule has 1 aromatic carbocycles. The molecule has 3 nitrogen and oxygen atoms in total. The molecule has 108 valence electrons. The van der Waals surface area contributed by atoms with Crippen molar-refractivity contribution in [3.63, 3.8) is 0 Å². The molecule has 0 bridgehead atoms. The van der Waals surface area contributed by atoms with Crippen LogP contribution in [0.2, 0.25) is 0 Å². The summed E-state index contributed by atoms with van der Waals surface area (Å²) in [6.07, 6.45) is 1.91. The summed E-state index contributed by atoms with van der Waals surface area (Å²) in [5.41, 5.74) is 1.10. The molecular weight excluding hydrogens is 300 g/mol. The predicted octanol–water partition coefficient (Wildman–Crippen LogP) is 3.69. The highest BCUT2D eigenvalue weighted by Crippen LogP contribution is 2.29. The van der Waals surface area contributed by atoms with E-state index in [1.165, 1.54) is 9.75 Å². The highest BCUT2D eigenvalue weighted by Gasteiger charge is 2.11. The van der Waals surface area contributed by atoms with Crippen LogP contribution in [0.3, 0.4) is 0 Å². The molecule has 3 rings (SSSR count). The predicted molar refractivity (Wildman–Crippen MR) is 88.5 cm³/mol. The maximum absolute atomic E-state index is 9.54. The van der Waals surface area contributed by atoms with E-state index >= 15 is 0 Å². The lowest BCUT2D eigenvalue weighted by Gasteiger charge is -2.15. The smallest absolute Gasteiger partial charge is 0.133 e. The summed E-state index contributed by atoms with van der Waals surface area (Å²) in [5, 5.41) is 16.0. The summed E-state index contributed by atoms with van der Waals surface area (Å²) in [7, 11) is 0. The Morgan fingerprint density at radius 3 is 2.71 bits per heavy atom. The zero-order chi connectivity index (χ0) is 14.5. The Kier molecular flexibility index (Phi) is 4.77. The Morgan fingerprint density at radius 2 is 2.00 bits per heavy atom. The van der Waals surface area contributed by atoms with Crippen LogP contribution < -0.4 is 5.32 Å². The third-order valence-corrected chi connectivity index (χ3v) is 5.23. The van der Waals surface area contributed by atoms with E-state index in [0.29, 0.717) is 6.54 Å². The van der Waals surface area contributed by atoms with Crippen molar-refractivity contribution in [2.75, 3.05) is 6.61 Å². The summed E-state index contributed by atoms with van der Waals surface area (Å²) < 4.78 is 0. The van der Waals surface area contributed by atoms with Crippen molar-refractivity contribution in [1.29, 1.82) is 0 Å². The number of rotatable bonds is 6. The first-order chi connectivity index (χ1) is 10.4. The topological polar surface area (TPSA) is 45.1 Å². The van der Waals surface area contributed by atoms with E-state index in [9.17, 15) is 5.11 Å². The largest absolute Gasteiger partial charge is 0.394 e. The molecule has 0 aliphatic rings. The number of hydrogen-bond donors (Lipinski definition) is 2. The molecule has 0 saturated carbocycles. The van der Waals surface area contributed by atoms with Crippen molar-refractivity contribution in [1.82, 2.24) is 10.3 Å². The van der Waals surface area contributed by atoms with Crippen LogP contribution in [0.4, 0.5) is 0 Å². The van der Waals surface area contributed by atoms with Gasteiger partial charge in [0.25, 0.3) is 0 Å². The van der Waals surface area contributed by atoms with Gasteiger partial charge in [0.15, 0.2) is 0 Å². The summed E-state index contributed by atoms with van der Waals surface area (Å²) in [4.78, 5) is 6.84. The lowest BCUT2D eigenvalue weighted by atomic mass is 10.1. The second-order valence-corrected chi connectivity index (χ2v) is 6.70. The molecule has 0 spiro atoms. The molecule has 0 saturated heterocycles. The molecule has 21 heavy (non-hydrogen) atoms. The van der Waals surface area contributed by atoms with Gasteiger partial charge in [0, 0.05) is 17.6 Å². The lowest BCUT2D eigenvalue weighted by molar-refractivity contribution is 0.244. The summed E-state index contributed by atoms with van der Waals surface area (Å²) in [6, 6.07) is 14.1. The zero-order valence-corrected chi connectivity index (χ0v) is 13.0. The standard InChI is InChI=1S/C16H16N2OS2/c19-11-14(12-5-2-1-3-6-12)17-9-13-10-18-16(21-13)15-7-4-8-20-15/h1-8,10,14,17,19H,9,11H2. The Morgan fingerprint density at radius 1 is 1.14 bits per heavy atom. The van der Waals surface area contributed by atoms with Crippen LogP contribution in [0.15, 0.2) is 54.0 Å². The summed E-state index contributed by atoms with van der Waals surface area (Å²) in [6.45, 7) is 0.795. The minimum absolute atomic E-state index is 0.0431. The molecule has 0 aliphatic heterocycles. The number of aromatic nitrogens is 1. The minimum Gasteiger partial charge on any atom is -0.394 e. The van der Waals surface area contributed by atoms with Gasteiger partial charge in [0.2, 0.25) is 0 Å². The average Bonchev–Trinajstić information content (AvgIpc) is 3.20. The SMILES string of the molecule is OCC(NCc1cnc(-c2cccs2)s1)c1ccccc1. The second kappa shape index (κ2) is 6.95. The Hall–Kier alpha value is -1.53. The number of benzene rings is 1. The van der Waals surface area contributed by atoms with E-state index < -0.39 is 0 Å². The van der Waals surface area contributed by atoms with Gasteiger partial charge in [0.1, 0.15) is 5.01 Å². The number of aliphatic hydroxyl groups is 1. The Bertz CT molecular complexity index is 665. The molecule has 2 aromatic heterocycles. The maximum atomic E-state index is 9.54. The summed E-state index contributed by atoms with van der Waals surface area (Å²) in [5.74, 6) is 0. The van der Waals surface area contributed by atoms with Crippen molar-refractivity contribution in [3.8, 4) is 9.88 Å². The molecule has 1 atom stereocenters. The number of hydrogen-bond acceptors (Lipinski definition) is 5. The van der Waals surface area contributed by atoms with Crippen molar-refractivity contribution in [2.24, 2.45) is 0 Å². The molecule has 0 aliphatic carbocycles. The second-order valence-electron chi connectivity index (χ2n) is 4.64. The van der Waals surface area contributed by atoms with Crippen molar-refractivity contribution in [3.05, 3.63) is 64.5 Å². The normalized spacial score (nSPS) is 12.4. The van der Waals surface area contributed by atoms with E-state index in [-0.39, 0.29) is 12.6 Å². The van der Waals surface area contributed by atoms with Gasteiger partial charge in [-0.1, -0.05) is 36.4 Å². The van der Waals surface area contributed by atoms with E-state index in [1.807, 2.05) is 42.6 Å². The van der Waals surface area contributed by atoms with Crippen LogP contribution in [0.25, 0.3) is 9.88 Å². The van der Waals surface area contributed by atoms with Gasteiger partial charge in [-0.3, -0.25) is 0 Å². The highest BCUT2D eigenvalue weighted by atomic mass is 32.1. The number of aliphatic hydroxyl groups excluding tert-OH is 1. The third kappa shape index (κ3) is 3.57. The van der Waals surface area contributed by atoms with Crippen LogP contribution in [0, 0.1) is 0 Å². The van der Waals surface area contributed by atoms with E-state index in [2.05, 4.69) is 21.7 Å². The van der Waals surface area contributed by atoms with Crippen LogP contribution in [0.1, 0.15) is 16.5 Å². The minimum atomic E-state index is -0.0431. The van der Waals surface area contributed by atoms with Crippen LogP contribution >= 0.6 is 22.7 Å². The molecule has 0 fully saturated rings. The van der Waals surface area contributed by atoms with Crippen molar-refractivity contribution in [2.45, 2.75) is 12.6 Å². The molecule has 3 aromatic rings. The van der Waals surface area contributed by atoms with Crippen LogP contribution in [-0.2, 0) is 6.54 Å². The Balaban J connectivity index is 1.64. The highest BCUT2D eigenvalue weighted by molar-refractivity contribution is 7.20. The van der Waals surface area contributed by atoms with E-state index in [1.54, 1.807) is 22.7 Å². The molecule has 1 unspecified atom stereocenters. The van der Waals surface area contributed by atoms with Gasteiger partial charge >= 0.3 is 0 Å². The average molecular weight is 316 g/mol. The van der Waals surface area contributed by atoms with Crippen molar-refractivity contribution < 1.29 is 5.11 Å². The summed E-state index contributed by atoms with van der Waals surface area (Å²) >= 11 is 3.40. The van der Waals surface area contributed by atoms with E-state index in [0.717, 1.165) is 10.6 Å². The van der Waals surface area contributed by atoms with Gasteiger partial charge in [-0.2, -0.15) is 0 Å². The first-order valence-corrected chi connectivity index (χ1v) is 8.44. The first kappa shape index (κ1) is 14.4. The number of thiazole rings is 1. The fraction of sp³-hybridized carbons (Fsp3) is 0.188. The number of nitrogens with one attached hydrogen (secondary N) is 1. The molecule has 0 radical (unpaired) electrons. The Labute approximate surface area is 131 Å². The van der Waals surface area contributed by atoms with E-state index in [4.69, 9.17) is 0 Å². The van der Waals surface area contributed by atoms with Gasteiger partial charge in [-0.25, -0.2) is 4.98 Å². The fourth-order valence-electron chi connectivity index (χ4n) is 2.10. The molecule has 0 amide bonds. The van der Waals surface area contributed by atoms with Crippen molar-refractivity contribution >= 4 is 22.7 Å². The zero-order valence-electron chi connectivity index (χ0n) is 11.4. The molecular formula is C16H16N2OS2. The van der Waals surface area contributed by atoms with Crippen LogP contribution in [-0.4, -0.2) is 16.7 Å². The van der Waals surface area contributed by atoms with Crippen LogP contribution in [0.5, 0.6) is 0 Å². The van der Waals surface area contributed by atoms with Gasteiger partial charge in [0.05, 0.1) is 17.5 Å². The first-order valence-electron chi connectivity index (χ1n) is 6.74. The van der Waals surface area contributed by atoms with Gasteiger partial charge < -0.3 is 10.4 Å². The number of nitrogens with zero attached hydrogens (tertiary/aromatic N) is 1. The quantitative estimate of drug-likeness (QED) is 0.729. The molecule has 2 N–H and O–H groups in total. The number of thiophene rings is 1. The maximum Gasteiger partial charge on any atom is 0.133 e. The lowest BCUT2D eigenvalue weighted by Crippen LogP contribution is -2.23. The molecule has 5 heteroatoms. The van der Waals surface area contributed by atoms with Gasteiger partial charge in [-0.05, 0) is 17.0 Å². The van der Waals surface area contributed by atoms with Gasteiger partial charge in [-0.15, -0.1) is 22.7 Å². The third-order valence-electron chi connectivity index (χ3n) is 3.19. The monoisotopic (exact) mass is 316 g/mol.